The number of unbranched alkanes of at least 4 members (excludes halogenated alkanes) is 1. The van der Waals surface area contributed by atoms with Gasteiger partial charge in [-0.3, -0.25) is 10.1 Å². The molecule has 1 atom stereocenters. The van der Waals surface area contributed by atoms with Crippen LogP contribution in [0.2, 0.25) is 0 Å². The van der Waals surface area contributed by atoms with Crippen LogP contribution in [0, 0.1) is 10.1 Å². The molecule has 244 valence electrons. The SMILES string of the molecule is COc1ccc(CN(Cc2ccc(OC)cc2)S(=O)(=O)c2cc(OCCCCBr)c(NC[C@H]3COCCO3)c([N+](=O)[O-])c2)cc1. The Morgan fingerprint density at radius 1 is 0.978 bits per heavy atom. The topological polar surface area (TPSA) is 139 Å². The van der Waals surface area contributed by atoms with Crippen LogP contribution in [0.15, 0.2) is 65.6 Å². The van der Waals surface area contributed by atoms with Gasteiger partial charge in [-0.2, -0.15) is 4.31 Å². The maximum absolute atomic E-state index is 14.3. The van der Waals surface area contributed by atoms with Gasteiger partial charge in [-0.05, 0) is 48.2 Å². The van der Waals surface area contributed by atoms with E-state index >= 15 is 0 Å². The Morgan fingerprint density at radius 3 is 2.11 bits per heavy atom. The Morgan fingerprint density at radius 2 is 1.60 bits per heavy atom. The number of anilines is 1. The fourth-order valence-electron chi connectivity index (χ4n) is 4.65. The van der Waals surface area contributed by atoms with Gasteiger partial charge in [0.05, 0.1) is 56.6 Å². The lowest BCUT2D eigenvalue weighted by atomic mass is 10.2. The van der Waals surface area contributed by atoms with Crippen molar-refractivity contribution in [1.29, 1.82) is 0 Å². The van der Waals surface area contributed by atoms with Crippen molar-refractivity contribution in [3.05, 3.63) is 81.9 Å². The molecule has 3 aromatic rings. The minimum Gasteiger partial charge on any atom is -0.497 e. The number of ether oxygens (including phenoxy) is 5. The van der Waals surface area contributed by atoms with Crippen LogP contribution in [0.4, 0.5) is 11.4 Å². The van der Waals surface area contributed by atoms with Gasteiger partial charge >= 0.3 is 0 Å². The highest BCUT2D eigenvalue weighted by Gasteiger charge is 2.31. The largest absolute Gasteiger partial charge is 0.497 e. The number of nitrogens with one attached hydrogen (secondary N) is 1. The molecule has 3 aromatic carbocycles. The number of rotatable bonds is 17. The molecule has 0 radical (unpaired) electrons. The molecule has 14 heteroatoms. The lowest BCUT2D eigenvalue weighted by molar-refractivity contribution is -0.384. The Hall–Kier alpha value is -3.43. The van der Waals surface area contributed by atoms with Gasteiger partial charge in [0.2, 0.25) is 10.0 Å². The molecule has 0 aliphatic carbocycles. The molecule has 0 unspecified atom stereocenters. The first-order chi connectivity index (χ1) is 21.7. The van der Waals surface area contributed by atoms with E-state index in [1.807, 2.05) is 0 Å². The molecule has 0 aromatic heterocycles. The van der Waals surface area contributed by atoms with Crippen molar-refractivity contribution >= 4 is 37.3 Å². The van der Waals surface area contributed by atoms with E-state index in [1.54, 1.807) is 62.8 Å². The number of hydrogen-bond donors (Lipinski definition) is 1. The number of hydrogen-bond acceptors (Lipinski definition) is 10. The summed E-state index contributed by atoms with van der Waals surface area (Å²) in [7, 11) is -1.18. The standard InChI is InChI=1S/C31H38BrN3O9S/c1-40-25-9-5-23(6-10-25)20-34(21-24-7-11-26(41-2)12-8-24)45(38,39)28-17-29(35(36)37)31(30(18-28)44-14-4-3-13-32)33-19-27-22-42-15-16-43-27/h5-12,17-18,27,33H,3-4,13-16,19-22H2,1-2H3/t27-/m0/s1. The maximum Gasteiger partial charge on any atom is 0.297 e. The summed E-state index contributed by atoms with van der Waals surface area (Å²) in [6.45, 7) is 1.70. The molecule has 45 heavy (non-hydrogen) atoms. The van der Waals surface area contributed by atoms with Crippen molar-refractivity contribution in [2.24, 2.45) is 0 Å². The molecular formula is C31H38BrN3O9S. The van der Waals surface area contributed by atoms with Crippen LogP contribution in [-0.2, 0) is 32.6 Å². The molecular weight excluding hydrogens is 670 g/mol. The smallest absolute Gasteiger partial charge is 0.297 e. The average Bonchev–Trinajstić information content (AvgIpc) is 3.06. The molecule has 1 saturated heterocycles. The molecule has 4 rings (SSSR count). The summed E-state index contributed by atoms with van der Waals surface area (Å²) < 4.78 is 57.6. The van der Waals surface area contributed by atoms with E-state index in [4.69, 9.17) is 23.7 Å². The van der Waals surface area contributed by atoms with Gasteiger partial charge in [0, 0.05) is 37.1 Å². The lowest BCUT2D eigenvalue weighted by Crippen LogP contribution is -2.34. The molecule has 12 nitrogen and oxygen atoms in total. The Bertz CT molecular complexity index is 1450. The van der Waals surface area contributed by atoms with Gasteiger partial charge < -0.3 is 29.0 Å². The molecule has 1 heterocycles. The van der Waals surface area contributed by atoms with Crippen LogP contribution in [0.3, 0.4) is 0 Å². The second kappa shape index (κ2) is 16.8. The Kier molecular flexibility index (Phi) is 12.8. The summed E-state index contributed by atoms with van der Waals surface area (Å²) >= 11 is 3.39. The Labute approximate surface area is 271 Å². The van der Waals surface area contributed by atoms with Gasteiger partial charge in [0.25, 0.3) is 5.69 Å². The molecule has 1 aliphatic heterocycles. The van der Waals surface area contributed by atoms with Crippen molar-refractivity contribution in [1.82, 2.24) is 4.31 Å². The van der Waals surface area contributed by atoms with Crippen LogP contribution < -0.4 is 19.5 Å². The van der Waals surface area contributed by atoms with E-state index < -0.39 is 20.6 Å². The van der Waals surface area contributed by atoms with E-state index in [-0.39, 0.29) is 48.7 Å². The van der Waals surface area contributed by atoms with E-state index in [0.29, 0.717) is 48.9 Å². The highest BCUT2D eigenvalue weighted by molar-refractivity contribution is 9.09. The van der Waals surface area contributed by atoms with Crippen LogP contribution in [-0.4, -0.2) is 76.3 Å². The van der Waals surface area contributed by atoms with Gasteiger partial charge in [-0.25, -0.2) is 8.42 Å². The summed E-state index contributed by atoms with van der Waals surface area (Å²) in [4.78, 5) is 11.5. The molecule has 1 aliphatic rings. The summed E-state index contributed by atoms with van der Waals surface area (Å²) in [6, 6.07) is 16.5. The number of alkyl halides is 1. The van der Waals surface area contributed by atoms with E-state index in [2.05, 4.69) is 21.2 Å². The maximum atomic E-state index is 14.3. The molecule has 1 N–H and O–H groups in total. The summed E-state index contributed by atoms with van der Waals surface area (Å²) in [6.07, 6.45) is 1.15. The highest BCUT2D eigenvalue weighted by Crippen LogP contribution is 2.39. The fraction of sp³-hybridized carbons (Fsp3) is 0.419. The van der Waals surface area contributed by atoms with E-state index in [9.17, 15) is 18.5 Å². The van der Waals surface area contributed by atoms with Crippen LogP contribution >= 0.6 is 15.9 Å². The van der Waals surface area contributed by atoms with Crippen LogP contribution in [0.1, 0.15) is 24.0 Å². The second-order valence-electron chi connectivity index (χ2n) is 10.2. The predicted molar refractivity (Wildman–Crippen MR) is 173 cm³/mol. The third-order valence-electron chi connectivity index (χ3n) is 7.10. The van der Waals surface area contributed by atoms with Crippen molar-refractivity contribution in [2.45, 2.75) is 36.9 Å². The molecule has 0 amide bonds. The number of halogens is 1. The first-order valence-corrected chi connectivity index (χ1v) is 17.0. The molecule has 0 saturated carbocycles. The zero-order valence-electron chi connectivity index (χ0n) is 25.3. The minimum atomic E-state index is -4.29. The summed E-state index contributed by atoms with van der Waals surface area (Å²) in [5.74, 6) is 1.34. The molecule has 0 spiro atoms. The zero-order valence-corrected chi connectivity index (χ0v) is 27.7. The third kappa shape index (κ3) is 9.53. The van der Waals surface area contributed by atoms with Crippen molar-refractivity contribution in [3.63, 3.8) is 0 Å². The van der Waals surface area contributed by atoms with E-state index in [1.165, 1.54) is 10.4 Å². The summed E-state index contributed by atoms with van der Waals surface area (Å²) in [5, 5.41) is 16.2. The van der Waals surface area contributed by atoms with Gasteiger partial charge in [0.1, 0.15) is 11.5 Å². The van der Waals surface area contributed by atoms with E-state index in [0.717, 1.165) is 17.8 Å². The normalized spacial score (nSPS) is 15.1. The quantitative estimate of drug-likeness (QED) is 0.0842. The minimum absolute atomic E-state index is 0.00656. The number of methoxy groups -OCH3 is 2. The van der Waals surface area contributed by atoms with Crippen LogP contribution in [0.25, 0.3) is 0 Å². The number of sulfonamides is 1. The first-order valence-electron chi connectivity index (χ1n) is 14.5. The predicted octanol–water partition coefficient (Wildman–Crippen LogP) is 5.38. The van der Waals surface area contributed by atoms with Gasteiger partial charge in [0.15, 0.2) is 11.4 Å². The lowest BCUT2D eigenvalue weighted by Gasteiger charge is -2.25. The second-order valence-corrected chi connectivity index (χ2v) is 13.0. The number of nitro benzene ring substituents is 1. The number of nitrogens with zero attached hydrogens (tertiary/aromatic N) is 2. The first kappa shape index (κ1) is 34.4. The molecule has 0 bridgehead atoms. The Balaban J connectivity index is 1.74. The van der Waals surface area contributed by atoms with Crippen molar-refractivity contribution < 1.29 is 37.0 Å². The van der Waals surface area contributed by atoms with Crippen molar-refractivity contribution in [2.75, 3.05) is 57.8 Å². The monoisotopic (exact) mass is 707 g/mol. The van der Waals surface area contributed by atoms with Gasteiger partial charge in [-0.15, -0.1) is 0 Å². The fourth-order valence-corrected chi connectivity index (χ4v) is 6.50. The highest BCUT2D eigenvalue weighted by atomic mass is 79.9. The van der Waals surface area contributed by atoms with Gasteiger partial charge in [-0.1, -0.05) is 40.2 Å². The van der Waals surface area contributed by atoms with Crippen LogP contribution in [0.5, 0.6) is 17.2 Å². The zero-order chi connectivity index (χ0) is 32.2. The third-order valence-corrected chi connectivity index (χ3v) is 9.43. The number of benzene rings is 3. The van der Waals surface area contributed by atoms with Crippen molar-refractivity contribution in [3.8, 4) is 17.2 Å². The molecule has 1 fully saturated rings. The summed E-state index contributed by atoms with van der Waals surface area (Å²) in [5.41, 5.74) is 1.09. The number of nitro groups is 1. The average molecular weight is 709 g/mol.